The van der Waals surface area contributed by atoms with Gasteiger partial charge in [0.15, 0.2) is 11.9 Å². The predicted molar refractivity (Wildman–Crippen MR) is 120 cm³/mol. The summed E-state index contributed by atoms with van der Waals surface area (Å²) in [6.45, 7) is 3.27. The third-order valence-electron chi connectivity index (χ3n) is 5.53. The molecule has 0 bridgehead atoms. The quantitative estimate of drug-likeness (QED) is 0.440. The molecule has 3 aromatic rings. The van der Waals surface area contributed by atoms with Crippen molar-refractivity contribution >= 4 is 11.7 Å². The van der Waals surface area contributed by atoms with Crippen molar-refractivity contribution in [1.82, 2.24) is 25.5 Å². The van der Waals surface area contributed by atoms with Crippen LogP contribution in [0.25, 0.3) is 5.69 Å². The fraction of sp³-hybridized carbons (Fsp3) is 0.375. The van der Waals surface area contributed by atoms with Gasteiger partial charge in [0, 0.05) is 23.6 Å². The maximum Gasteiger partial charge on any atom is 0.254 e. The van der Waals surface area contributed by atoms with E-state index in [2.05, 4.69) is 20.7 Å². The Bertz CT molecular complexity index is 1180. The van der Waals surface area contributed by atoms with Gasteiger partial charge < -0.3 is 15.2 Å². The van der Waals surface area contributed by atoms with Gasteiger partial charge in [-0.05, 0) is 67.8 Å². The van der Waals surface area contributed by atoms with Gasteiger partial charge in [-0.3, -0.25) is 9.59 Å². The zero-order valence-corrected chi connectivity index (χ0v) is 18.9. The van der Waals surface area contributed by atoms with Crippen molar-refractivity contribution in [3.8, 4) is 11.4 Å². The molecule has 1 aromatic heterocycles. The number of nitrogens with zero attached hydrogens (tertiary/aromatic N) is 4. The lowest BCUT2D eigenvalue weighted by molar-refractivity contribution is 0.0917. The summed E-state index contributed by atoms with van der Waals surface area (Å²) >= 11 is 0. The summed E-state index contributed by atoms with van der Waals surface area (Å²) in [5, 5.41) is 23.9. The first kappa shape index (κ1) is 23.5. The summed E-state index contributed by atoms with van der Waals surface area (Å²) in [7, 11) is 0. The zero-order chi connectivity index (χ0) is 24.2. The Morgan fingerprint density at radius 3 is 2.59 bits per heavy atom. The van der Waals surface area contributed by atoms with Gasteiger partial charge in [0.1, 0.15) is 11.6 Å². The standard InChI is InChI=1S/C24H26FN5O4/c1-3-21(34-18-9-6-16(7-10-18)22(32)15-4-5-15)23-27-29-30(28-23)17-8-11-19(20(25)12-17)24(33)26-14(2)13-31/h6-12,14-15,21,31H,3-5,13H2,1-2H3,(H,26,33)/t14-,21?/m1/s1. The smallest absolute Gasteiger partial charge is 0.254 e. The van der Waals surface area contributed by atoms with Gasteiger partial charge in [-0.1, -0.05) is 6.92 Å². The molecule has 1 saturated carbocycles. The van der Waals surface area contributed by atoms with Crippen molar-refractivity contribution in [2.45, 2.75) is 45.3 Å². The van der Waals surface area contributed by atoms with E-state index in [-0.39, 0.29) is 23.9 Å². The Morgan fingerprint density at radius 1 is 1.24 bits per heavy atom. The number of hydrogen-bond acceptors (Lipinski definition) is 7. The van der Waals surface area contributed by atoms with Gasteiger partial charge >= 0.3 is 0 Å². The van der Waals surface area contributed by atoms with Crippen molar-refractivity contribution in [1.29, 1.82) is 0 Å². The molecule has 1 fully saturated rings. The summed E-state index contributed by atoms with van der Waals surface area (Å²) < 4.78 is 20.5. The average molecular weight is 468 g/mol. The van der Waals surface area contributed by atoms with Crippen LogP contribution in [0.4, 0.5) is 4.39 Å². The van der Waals surface area contributed by atoms with Crippen LogP contribution in [0.3, 0.4) is 0 Å². The van der Waals surface area contributed by atoms with Gasteiger partial charge in [-0.15, -0.1) is 15.0 Å². The van der Waals surface area contributed by atoms with Crippen LogP contribution >= 0.6 is 0 Å². The number of amides is 1. The molecule has 10 heteroatoms. The summed E-state index contributed by atoms with van der Waals surface area (Å²) in [6, 6.07) is 10.5. The van der Waals surface area contributed by atoms with E-state index in [4.69, 9.17) is 9.84 Å². The Labute approximate surface area is 195 Å². The van der Waals surface area contributed by atoms with Crippen LogP contribution in [-0.4, -0.2) is 49.7 Å². The van der Waals surface area contributed by atoms with Crippen LogP contribution in [0.5, 0.6) is 5.75 Å². The number of ether oxygens (including phenoxy) is 1. The zero-order valence-electron chi connectivity index (χ0n) is 18.9. The number of nitrogens with one attached hydrogen (secondary N) is 1. The summed E-state index contributed by atoms with van der Waals surface area (Å²) in [5.74, 6) is -0.146. The lowest BCUT2D eigenvalue weighted by Gasteiger charge is -2.14. The highest BCUT2D eigenvalue weighted by atomic mass is 19.1. The van der Waals surface area contributed by atoms with Crippen LogP contribution in [0.2, 0.25) is 0 Å². The van der Waals surface area contributed by atoms with Crippen LogP contribution in [0.15, 0.2) is 42.5 Å². The molecule has 0 saturated heterocycles. The molecule has 2 aromatic carbocycles. The van der Waals surface area contributed by atoms with E-state index in [1.807, 2.05) is 6.92 Å². The average Bonchev–Trinajstić information content (AvgIpc) is 3.58. The van der Waals surface area contributed by atoms with E-state index in [1.54, 1.807) is 31.2 Å². The summed E-state index contributed by atoms with van der Waals surface area (Å²) in [4.78, 5) is 25.5. The number of tetrazole rings is 1. The molecule has 0 aliphatic heterocycles. The predicted octanol–water partition coefficient (Wildman–Crippen LogP) is 3.03. The van der Waals surface area contributed by atoms with E-state index >= 15 is 0 Å². The van der Waals surface area contributed by atoms with Crippen molar-refractivity contribution in [3.05, 3.63) is 65.2 Å². The molecule has 1 aliphatic carbocycles. The third-order valence-corrected chi connectivity index (χ3v) is 5.53. The van der Waals surface area contributed by atoms with Gasteiger partial charge in [0.25, 0.3) is 5.91 Å². The molecule has 0 radical (unpaired) electrons. The lowest BCUT2D eigenvalue weighted by Crippen LogP contribution is -2.35. The maximum absolute atomic E-state index is 14.5. The van der Waals surface area contributed by atoms with E-state index in [1.165, 1.54) is 16.9 Å². The Kier molecular flexibility index (Phi) is 6.97. The first-order chi connectivity index (χ1) is 16.4. The number of Topliss-reactive ketones (excluding diaryl/α,β-unsaturated/α-hetero) is 1. The van der Waals surface area contributed by atoms with Crippen molar-refractivity contribution in [3.63, 3.8) is 0 Å². The number of carbonyl (C=O) groups is 2. The number of carbonyl (C=O) groups excluding carboxylic acids is 2. The van der Waals surface area contributed by atoms with Crippen molar-refractivity contribution in [2.75, 3.05) is 6.61 Å². The fourth-order valence-corrected chi connectivity index (χ4v) is 3.39. The summed E-state index contributed by atoms with van der Waals surface area (Å²) in [5.41, 5.74) is 0.820. The second kappa shape index (κ2) is 10.1. The number of benzene rings is 2. The minimum absolute atomic E-state index is 0.150. The first-order valence-electron chi connectivity index (χ1n) is 11.2. The van der Waals surface area contributed by atoms with Crippen molar-refractivity contribution in [2.24, 2.45) is 5.92 Å². The number of aliphatic hydroxyl groups is 1. The molecule has 2 N–H and O–H groups in total. The monoisotopic (exact) mass is 467 g/mol. The highest BCUT2D eigenvalue weighted by Crippen LogP contribution is 2.33. The maximum atomic E-state index is 14.5. The number of hydrogen-bond donors (Lipinski definition) is 2. The van der Waals surface area contributed by atoms with Crippen LogP contribution in [0, 0.1) is 11.7 Å². The van der Waals surface area contributed by atoms with Gasteiger partial charge in [0.05, 0.1) is 17.9 Å². The molecule has 178 valence electrons. The van der Waals surface area contributed by atoms with E-state index in [9.17, 15) is 14.0 Å². The molecule has 1 aliphatic rings. The van der Waals surface area contributed by atoms with Gasteiger partial charge in [-0.2, -0.15) is 0 Å². The van der Waals surface area contributed by atoms with Crippen molar-refractivity contribution < 1.29 is 23.8 Å². The number of halogens is 1. The molecule has 1 unspecified atom stereocenters. The second-order valence-electron chi connectivity index (χ2n) is 8.34. The largest absolute Gasteiger partial charge is 0.482 e. The van der Waals surface area contributed by atoms with Crippen LogP contribution in [-0.2, 0) is 0 Å². The molecule has 2 atom stereocenters. The highest BCUT2D eigenvalue weighted by Gasteiger charge is 2.30. The number of rotatable bonds is 10. The highest BCUT2D eigenvalue weighted by molar-refractivity contribution is 5.99. The van der Waals surface area contributed by atoms with E-state index < -0.39 is 23.9 Å². The topological polar surface area (TPSA) is 119 Å². The van der Waals surface area contributed by atoms with Crippen LogP contribution < -0.4 is 10.1 Å². The van der Waals surface area contributed by atoms with E-state index in [0.717, 1.165) is 18.9 Å². The second-order valence-corrected chi connectivity index (χ2v) is 8.34. The van der Waals surface area contributed by atoms with Crippen LogP contribution in [0.1, 0.15) is 65.8 Å². The molecule has 4 rings (SSSR count). The minimum Gasteiger partial charge on any atom is -0.482 e. The number of ketones is 1. The van der Waals surface area contributed by atoms with E-state index in [0.29, 0.717) is 29.2 Å². The number of aliphatic hydroxyl groups excluding tert-OH is 1. The normalized spacial score (nSPS) is 14.9. The molecule has 0 spiro atoms. The Hall–Kier alpha value is -3.66. The lowest BCUT2D eigenvalue weighted by atomic mass is 10.1. The first-order valence-corrected chi connectivity index (χ1v) is 11.2. The molecule has 1 amide bonds. The minimum atomic E-state index is -0.747. The Balaban J connectivity index is 1.45. The molecule has 9 nitrogen and oxygen atoms in total. The SMILES string of the molecule is CCC(Oc1ccc(C(=O)C2CC2)cc1)c1nnn(-c2ccc(C(=O)N[C@H](C)CO)c(F)c2)n1. The Morgan fingerprint density at radius 2 is 1.97 bits per heavy atom. The molecular formula is C24H26FN5O4. The van der Waals surface area contributed by atoms with Gasteiger partial charge in [-0.25, -0.2) is 4.39 Å². The molecular weight excluding hydrogens is 441 g/mol. The molecule has 34 heavy (non-hydrogen) atoms. The van der Waals surface area contributed by atoms with Gasteiger partial charge in [0.2, 0.25) is 5.82 Å². The molecule has 1 heterocycles. The fourth-order valence-electron chi connectivity index (χ4n) is 3.39. The number of aromatic nitrogens is 4. The third kappa shape index (κ3) is 5.28. The summed E-state index contributed by atoms with van der Waals surface area (Å²) in [6.07, 6.45) is 1.98.